The van der Waals surface area contributed by atoms with E-state index in [2.05, 4.69) is 10.4 Å². The Bertz CT molecular complexity index is 606. The average molecular weight is 291 g/mol. The number of hydrogen-bond donors (Lipinski definition) is 2. The van der Waals surface area contributed by atoms with Gasteiger partial charge in [-0.2, -0.15) is 5.10 Å². The third-order valence-corrected chi connectivity index (χ3v) is 3.40. The summed E-state index contributed by atoms with van der Waals surface area (Å²) in [5, 5.41) is 16.1. The molecule has 0 spiro atoms. The van der Waals surface area contributed by atoms with E-state index in [4.69, 9.17) is 14.3 Å². The van der Waals surface area contributed by atoms with Crippen LogP contribution >= 0.6 is 0 Å². The number of nitrogens with one attached hydrogen (secondary N) is 1. The van der Waals surface area contributed by atoms with Crippen LogP contribution in [0.4, 0.5) is 0 Å². The van der Waals surface area contributed by atoms with Crippen LogP contribution in [0.2, 0.25) is 0 Å². The van der Waals surface area contributed by atoms with Gasteiger partial charge < -0.3 is 19.6 Å². The standard InChI is InChI=1S/C14H17N3O4/c18-6-4-11(12-3-1-7-20-12)16-13(19)10-9-15-17-5-2-8-21-14(10)17/h1,3,7,9,11,18H,2,4-6,8H2,(H,16,19). The summed E-state index contributed by atoms with van der Waals surface area (Å²) in [5.74, 6) is 0.827. The number of furan rings is 1. The molecule has 2 N–H and O–H groups in total. The summed E-state index contributed by atoms with van der Waals surface area (Å²) in [6.45, 7) is 1.29. The molecule has 7 heteroatoms. The van der Waals surface area contributed by atoms with E-state index in [-0.39, 0.29) is 18.6 Å². The molecule has 3 rings (SSSR count). The van der Waals surface area contributed by atoms with Gasteiger partial charge in [0.25, 0.3) is 5.91 Å². The molecule has 1 amide bonds. The quantitative estimate of drug-likeness (QED) is 0.861. The van der Waals surface area contributed by atoms with E-state index in [9.17, 15) is 4.79 Å². The third kappa shape index (κ3) is 2.78. The highest BCUT2D eigenvalue weighted by molar-refractivity contribution is 5.96. The van der Waals surface area contributed by atoms with Crippen molar-refractivity contribution in [3.05, 3.63) is 35.9 Å². The number of hydrogen-bond acceptors (Lipinski definition) is 5. The van der Waals surface area contributed by atoms with Crippen LogP contribution < -0.4 is 10.1 Å². The number of carbonyl (C=O) groups is 1. The zero-order valence-electron chi connectivity index (χ0n) is 11.5. The van der Waals surface area contributed by atoms with Crippen molar-refractivity contribution in [2.24, 2.45) is 0 Å². The molecule has 1 aliphatic rings. The molecular weight excluding hydrogens is 274 g/mol. The molecule has 0 saturated heterocycles. The second kappa shape index (κ2) is 6.01. The Hall–Kier alpha value is -2.28. The third-order valence-electron chi connectivity index (χ3n) is 3.40. The lowest BCUT2D eigenvalue weighted by Gasteiger charge is -2.18. The minimum atomic E-state index is -0.378. The molecule has 2 aromatic rings. The highest BCUT2D eigenvalue weighted by atomic mass is 16.5. The van der Waals surface area contributed by atoms with Crippen molar-refractivity contribution in [2.45, 2.75) is 25.4 Å². The molecule has 3 heterocycles. The van der Waals surface area contributed by atoms with Crippen LogP contribution in [0.3, 0.4) is 0 Å². The fourth-order valence-corrected chi connectivity index (χ4v) is 2.36. The lowest BCUT2D eigenvalue weighted by Crippen LogP contribution is -2.29. The van der Waals surface area contributed by atoms with Crippen LogP contribution in [0.15, 0.2) is 29.0 Å². The number of ether oxygens (including phenoxy) is 1. The maximum Gasteiger partial charge on any atom is 0.259 e. The van der Waals surface area contributed by atoms with E-state index in [1.54, 1.807) is 16.8 Å². The van der Waals surface area contributed by atoms with Gasteiger partial charge in [-0.25, -0.2) is 4.68 Å². The molecule has 0 aliphatic carbocycles. The number of aromatic nitrogens is 2. The molecule has 0 aromatic carbocycles. The average Bonchev–Trinajstić information content (AvgIpc) is 3.16. The minimum absolute atomic E-state index is 0.0474. The zero-order chi connectivity index (χ0) is 14.7. The number of aryl methyl sites for hydroxylation is 1. The molecule has 0 radical (unpaired) electrons. The van der Waals surface area contributed by atoms with Crippen molar-refractivity contribution in [3.63, 3.8) is 0 Å². The minimum Gasteiger partial charge on any atom is -0.477 e. The van der Waals surface area contributed by atoms with E-state index in [0.29, 0.717) is 30.2 Å². The van der Waals surface area contributed by atoms with Gasteiger partial charge in [0.1, 0.15) is 11.3 Å². The summed E-state index contributed by atoms with van der Waals surface area (Å²) in [4.78, 5) is 12.4. The smallest absolute Gasteiger partial charge is 0.259 e. The summed E-state index contributed by atoms with van der Waals surface area (Å²) in [6, 6.07) is 3.14. The van der Waals surface area contributed by atoms with Crippen LogP contribution in [0.5, 0.6) is 5.88 Å². The molecule has 21 heavy (non-hydrogen) atoms. The number of nitrogens with zero attached hydrogens (tertiary/aromatic N) is 2. The van der Waals surface area contributed by atoms with Crippen molar-refractivity contribution >= 4 is 5.91 Å². The Balaban J connectivity index is 1.77. The number of aliphatic hydroxyl groups is 1. The van der Waals surface area contributed by atoms with E-state index in [1.807, 2.05) is 0 Å². The van der Waals surface area contributed by atoms with Crippen molar-refractivity contribution in [3.8, 4) is 5.88 Å². The molecule has 0 fully saturated rings. The van der Waals surface area contributed by atoms with Crippen LogP contribution in [0.1, 0.15) is 35.0 Å². The molecule has 1 unspecified atom stereocenters. The summed E-state index contributed by atoms with van der Waals surface area (Å²) in [6.07, 6.45) is 4.31. The van der Waals surface area contributed by atoms with Gasteiger partial charge >= 0.3 is 0 Å². The van der Waals surface area contributed by atoms with E-state index in [1.165, 1.54) is 12.5 Å². The van der Waals surface area contributed by atoms with Crippen molar-refractivity contribution in [2.75, 3.05) is 13.2 Å². The normalized spacial score (nSPS) is 15.1. The Morgan fingerprint density at radius 2 is 2.48 bits per heavy atom. The fourth-order valence-electron chi connectivity index (χ4n) is 2.36. The summed E-state index contributed by atoms with van der Waals surface area (Å²) in [5.41, 5.74) is 0.407. The van der Waals surface area contributed by atoms with Crippen LogP contribution in [0.25, 0.3) is 0 Å². The molecule has 7 nitrogen and oxygen atoms in total. The van der Waals surface area contributed by atoms with Gasteiger partial charge in [0.15, 0.2) is 0 Å². The Morgan fingerprint density at radius 3 is 3.24 bits per heavy atom. The predicted molar refractivity (Wildman–Crippen MR) is 73.0 cm³/mol. The summed E-state index contributed by atoms with van der Waals surface area (Å²) >= 11 is 0. The van der Waals surface area contributed by atoms with E-state index < -0.39 is 0 Å². The molecule has 2 aromatic heterocycles. The van der Waals surface area contributed by atoms with Gasteiger partial charge in [-0.15, -0.1) is 0 Å². The number of aliphatic hydroxyl groups excluding tert-OH is 1. The van der Waals surface area contributed by atoms with E-state index >= 15 is 0 Å². The molecule has 112 valence electrons. The molecule has 0 bridgehead atoms. The highest BCUT2D eigenvalue weighted by Crippen LogP contribution is 2.24. The van der Waals surface area contributed by atoms with Crippen molar-refractivity contribution < 1.29 is 19.1 Å². The molecule has 1 aliphatic heterocycles. The first kappa shape index (κ1) is 13.7. The summed E-state index contributed by atoms with van der Waals surface area (Å²) in [7, 11) is 0. The molecule has 1 atom stereocenters. The number of carbonyl (C=O) groups excluding carboxylic acids is 1. The Labute approximate surface area is 121 Å². The maximum absolute atomic E-state index is 12.4. The first-order valence-corrected chi connectivity index (χ1v) is 6.93. The lowest BCUT2D eigenvalue weighted by molar-refractivity contribution is 0.0917. The molecule has 0 saturated carbocycles. The number of rotatable bonds is 5. The SMILES string of the molecule is O=C(NC(CCO)c1ccco1)c1cnn2c1OCCC2. The Morgan fingerprint density at radius 1 is 1.57 bits per heavy atom. The highest BCUT2D eigenvalue weighted by Gasteiger charge is 2.24. The van der Waals surface area contributed by atoms with Crippen LogP contribution in [-0.2, 0) is 6.54 Å². The second-order valence-corrected chi connectivity index (χ2v) is 4.84. The largest absolute Gasteiger partial charge is 0.477 e. The van der Waals surface area contributed by atoms with Gasteiger partial charge in [0.2, 0.25) is 5.88 Å². The second-order valence-electron chi connectivity index (χ2n) is 4.84. The van der Waals surface area contributed by atoms with Gasteiger partial charge in [-0.05, 0) is 18.6 Å². The summed E-state index contributed by atoms with van der Waals surface area (Å²) < 4.78 is 12.5. The predicted octanol–water partition coefficient (Wildman–Crippen LogP) is 1.11. The van der Waals surface area contributed by atoms with Gasteiger partial charge in [0.05, 0.1) is 25.1 Å². The monoisotopic (exact) mass is 291 g/mol. The van der Waals surface area contributed by atoms with Crippen LogP contribution in [-0.4, -0.2) is 34.0 Å². The number of fused-ring (bicyclic) bond motifs is 1. The number of amides is 1. The topological polar surface area (TPSA) is 89.5 Å². The van der Waals surface area contributed by atoms with Gasteiger partial charge in [-0.3, -0.25) is 4.79 Å². The van der Waals surface area contributed by atoms with Crippen molar-refractivity contribution in [1.29, 1.82) is 0 Å². The Kier molecular flexibility index (Phi) is 3.92. The first-order chi connectivity index (χ1) is 10.3. The van der Waals surface area contributed by atoms with Gasteiger partial charge in [-0.1, -0.05) is 0 Å². The van der Waals surface area contributed by atoms with Crippen molar-refractivity contribution in [1.82, 2.24) is 15.1 Å². The first-order valence-electron chi connectivity index (χ1n) is 6.93. The zero-order valence-corrected chi connectivity index (χ0v) is 11.5. The lowest BCUT2D eigenvalue weighted by atomic mass is 10.1. The van der Waals surface area contributed by atoms with E-state index in [0.717, 1.165) is 13.0 Å². The fraction of sp³-hybridized carbons (Fsp3) is 0.429. The van der Waals surface area contributed by atoms with Gasteiger partial charge in [0, 0.05) is 19.6 Å². The molecular formula is C14H17N3O4. The maximum atomic E-state index is 12.4. The van der Waals surface area contributed by atoms with Crippen LogP contribution in [0, 0.1) is 0 Å².